The van der Waals surface area contributed by atoms with Crippen LogP contribution >= 0.6 is 0 Å². The first-order valence-electron chi connectivity index (χ1n) is 10.6. The van der Waals surface area contributed by atoms with Crippen molar-refractivity contribution in [1.29, 1.82) is 0 Å². The summed E-state index contributed by atoms with van der Waals surface area (Å²) in [5.41, 5.74) is 1.49. The van der Waals surface area contributed by atoms with Crippen molar-refractivity contribution in [2.45, 2.75) is 12.5 Å². The van der Waals surface area contributed by atoms with Crippen LogP contribution in [0.15, 0.2) is 61.3 Å². The Labute approximate surface area is 195 Å². The Bertz CT molecular complexity index is 1170. The number of halogens is 2. The maximum absolute atomic E-state index is 14.5. The topological polar surface area (TPSA) is 88.6 Å². The van der Waals surface area contributed by atoms with Gasteiger partial charge in [-0.25, -0.2) is 13.8 Å². The van der Waals surface area contributed by atoms with Gasteiger partial charge in [0.05, 0.1) is 19.4 Å². The molecule has 0 spiro atoms. The summed E-state index contributed by atoms with van der Waals surface area (Å²) in [5, 5.41) is 5.74. The molecule has 1 saturated heterocycles. The fraction of sp³-hybridized carbons (Fsp3) is 0.208. The first kappa shape index (κ1) is 23.1. The van der Waals surface area contributed by atoms with E-state index in [2.05, 4.69) is 27.2 Å². The maximum atomic E-state index is 14.5. The molecule has 34 heavy (non-hydrogen) atoms. The summed E-state index contributed by atoms with van der Waals surface area (Å²) in [6.45, 7) is 4.99. The van der Waals surface area contributed by atoms with Crippen molar-refractivity contribution in [3.05, 3.63) is 73.0 Å². The molecule has 4 rings (SSSR count). The molecule has 1 aliphatic heterocycles. The highest BCUT2D eigenvalue weighted by Gasteiger charge is 2.19. The molecule has 0 radical (unpaired) electrons. The van der Waals surface area contributed by atoms with Crippen LogP contribution in [0.25, 0.3) is 0 Å². The lowest BCUT2D eigenvalue weighted by atomic mass is 10.2. The first-order chi connectivity index (χ1) is 16.6. The zero-order valence-corrected chi connectivity index (χ0v) is 18.2. The minimum Gasteiger partial charge on any atom is -0.485 e. The van der Waals surface area contributed by atoms with Gasteiger partial charge in [0, 0.05) is 36.1 Å². The van der Waals surface area contributed by atoms with Gasteiger partial charge < -0.3 is 25.0 Å². The number of rotatable bonds is 10. The summed E-state index contributed by atoms with van der Waals surface area (Å²) < 4.78 is 39.7. The Balaban J connectivity index is 1.48. The van der Waals surface area contributed by atoms with Crippen molar-refractivity contribution in [1.82, 2.24) is 9.97 Å². The van der Waals surface area contributed by atoms with Crippen molar-refractivity contribution in [2.24, 2.45) is 0 Å². The van der Waals surface area contributed by atoms with Crippen LogP contribution in [-0.2, 0) is 9.53 Å². The summed E-state index contributed by atoms with van der Waals surface area (Å²) in [6, 6.07) is 11.2. The number of hydrogen-bond donors (Lipinski definition) is 2. The molecule has 2 heterocycles. The number of amides is 1. The zero-order chi connectivity index (χ0) is 23.9. The summed E-state index contributed by atoms with van der Waals surface area (Å²) in [5.74, 6) is -1.11. The normalized spacial score (nSPS) is 14.9. The number of ether oxygens (including phenoxy) is 2. The molecule has 176 valence electrons. The van der Waals surface area contributed by atoms with E-state index in [-0.39, 0.29) is 23.6 Å². The number of nitrogens with one attached hydrogen (secondary N) is 2. The summed E-state index contributed by atoms with van der Waals surface area (Å²) in [6.07, 6.45) is 3.83. The third-order valence-corrected chi connectivity index (χ3v) is 5.01. The van der Waals surface area contributed by atoms with Gasteiger partial charge >= 0.3 is 0 Å². The van der Waals surface area contributed by atoms with E-state index in [1.807, 2.05) is 0 Å². The van der Waals surface area contributed by atoms with Gasteiger partial charge in [-0.05, 0) is 30.3 Å². The minimum absolute atomic E-state index is 0.0680. The molecule has 1 atom stereocenters. The van der Waals surface area contributed by atoms with Crippen molar-refractivity contribution in [3.63, 3.8) is 0 Å². The van der Waals surface area contributed by atoms with Crippen LogP contribution in [-0.4, -0.2) is 42.2 Å². The van der Waals surface area contributed by atoms with E-state index in [0.717, 1.165) is 6.20 Å². The van der Waals surface area contributed by atoms with Crippen LogP contribution in [0.3, 0.4) is 0 Å². The quantitative estimate of drug-likeness (QED) is 0.334. The Morgan fingerprint density at radius 3 is 2.76 bits per heavy atom. The number of carbonyl (C=O) groups excluding carboxylic acids is 1. The minimum atomic E-state index is -0.678. The predicted molar refractivity (Wildman–Crippen MR) is 125 cm³/mol. The van der Waals surface area contributed by atoms with E-state index in [1.165, 1.54) is 17.0 Å². The van der Waals surface area contributed by atoms with Crippen molar-refractivity contribution >= 4 is 35.2 Å². The van der Waals surface area contributed by atoms with Crippen molar-refractivity contribution in [3.8, 4) is 5.75 Å². The molecule has 0 aliphatic carbocycles. The molecule has 8 nitrogen and oxygen atoms in total. The molecule has 1 unspecified atom stereocenters. The fourth-order valence-corrected chi connectivity index (χ4v) is 3.35. The number of hydrogen-bond acceptors (Lipinski definition) is 7. The van der Waals surface area contributed by atoms with Gasteiger partial charge in [-0.3, -0.25) is 4.79 Å². The van der Waals surface area contributed by atoms with Gasteiger partial charge in [0.25, 0.3) is 0 Å². The second kappa shape index (κ2) is 10.7. The number of benzene rings is 2. The molecule has 10 heteroatoms. The molecule has 3 aromatic rings. The van der Waals surface area contributed by atoms with E-state index in [4.69, 9.17) is 9.47 Å². The maximum Gasteiger partial charge on any atom is 0.229 e. The van der Waals surface area contributed by atoms with E-state index < -0.39 is 11.6 Å². The highest BCUT2D eigenvalue weighted by atomic mass is 19.1. The molecule has 1 aromatic heterocycles. The lowest BCUT2D eigenvalue weighted by molar-refractivity contribution is -0.107. The van der Waals surface area contributed by atoms with Crippen LogP contribution in [0.5, 0.6) is 5.75 Å². The molecular weight excluding hydrogens is 444 g/mol. The molecular formula is C24H23F2N5O3. The van der Waals surface area contributed by atoms with Crippen molar-refractivity contribution in [2.75, 3.05) is 35.3 Å². The Morgan fingerprint density at radius 1 is 1.18 bits per heavy atom. The first-order valence-corrected chi connectivity index (χ1v) is 10.6. The second-order valence-electron chi connectivity index (χ2n) is 7.49. The van der Waals surface area contributed by atoms with Gasteiger partial charge in [0.1, 0.15) is 6.10 Å². The van der Waals surface area contributed by atoms with Gasteiger partial charge in [-0.1, -0.05) is 12.1 Å². The Hall–Kier alpha value is -4.05. The van der Waals surface area contributed by atoms with Crippen LogP contribution in [0.2, 0.25) is 0 Å². The molecule has 1 fully saturated rings. The molecule has 1 amide bonds. The van der Waals surface area contributed by atoms with Crippen LogP contribution < -0.4 is 20.3 Å². The standard InChI is InChI=1S/C24H23F2N5O3/c1-2-9-31(15-32)18-5-3-4-16(11-18)28-23-21(26)13-27-24(30-23)29-17-6-7-22(20(25)12-17)34-19-8-10-33-14-19/h2-7,11-13,15,19H,1,8-10,14H2,(H2,27,28,29,30). The monoisotopic (exact) mass is 467 g/mol. The number of nitrogens with zero attached hydrogens (tertiary/aromatic N) is 3. The van der Waals surface area contributed by atoms with E-state index in [0.29, 0.717) is 49.7 Å². The number of anilines is 5. The summed E-state index contributed by atoms with van der Waals surface area (Å²) in [4.78, 5) is 20.8. The molecule has 2 N–H and O–H groups in total. The number of carbonyl (C=O) groups is 1. The van der Waals surface area contributed by atoms with E-state index >= 15 is 0 Å². The summed E-state index contributed by atoms with van der Waals surface area (Å²) >= 11 is 0. The highest BCUT2D eigenvalue weighted by molar-refractivity contribution is 5.78. The summed E-state index contributed by atoms with van der Waals surface area (Å²) in [7, 11) is 0. The predicted octanol–water partition coefficient (Wildman–Crippen LogP) is 4.56. The second-order valence-corrected chi connectivity index (χ2v) is 7.49. The van der Waals surface area contributed by atoms with Crippen LogP contribution in [0.1, 0.15) is 6.42 Å². The SMILES string of the molecule is C=CCN(C=O)c1cccc(Nc2nc(Nc3ccc(OC4CCOC4)c(F)c3)ncc2F)c1. The van der Waals surface area contributed by atoms with Gasteiger partial charge in [0.15, 0.2) is 23.2 Å². The number of aromatic nitrogens is 2. The third kappa shape index (κ3) is 5.65. The average molecular weight is 467 g/mol. The van der Waals surface area contributed by atoms with Crippen molar-refractivity contribution < 1.29 is 23.0 Å². The van der Waals surface area contributed by atoms with E-state index in [9.17, 15) is 13.6 Å². The Kier molecular flexibility index (Phi) is 7.28. The molecule has 0 saturated carbocycles. The lowest BCUT2D eigenvalue weighted by Crippen LogP contribution is -2.20. The third-order valence-electron chi connectivity index (χ3n) is 5.01. The molecule has 0 bridgehead atoms. The molecule has 2 aromatic carbocycles. The fourth-order valence-electron chi connectivity index (χ4n) is 3.35. The van der Waals surface area contributed by atoms with Gasteiger partial charge in [-0.15, -0.1) is 6.58 Å². The average Bonchev–Trinajstić information content (AvgIpc) is 3.35. The Morgan fingerprint density at radius 2 is 2.03 bits per heavy atom. The van der Waals surface area contributed by atoms with E-state index in [1.54, 1.807) is 36.4 Å². The van der Waals surface area contributed by atoms with Crippen LogP contribution in [0, 0.1) is 11.6 Å². The smallest absolute Gasteiger partial charge is 0.229 e. The largest absolute Gasteiger partial charge is 0.485 e. The zero-order valence-electron chi connectivity index (χ0n) is 18.2. The lowest BCUT2D eigenvalue weighted by Gasteiger charge is -2.17. The molecule has 1 aliphatic rings. The van der Waals surface area contributed by atoms with Gasteiger partial charge in [-0.2, -0.15) is 4.98 Å². The van der Waals surface area contributed by atoms with Gasteiger partial charge in [0.2, 0.25) is 12.4 Å². The highest BCUT2D eigenvalue weighted by Crippen LogP contribution is 2.27. The van der Waals surface area contributed by atoms with Crippen LogP contribution in [0.4, 0.5) is 37.6 Å².